The molecule has 5 heterocycles. The largest absolute Gasteiger partial charge is 0.461 e. The average Bonchev–Trinajstić information content (AvgIpc) is 3.47. The zero-order valence-electron chi connectivity index (χ0n) is 22.4. The third-order valence-electron chi connectivity index (χ3n) is 8.40. The third-order valence-corrected chi connectivity index (χ3v) is 9.12. The van der Waals surface area contributed by atoms with Gasteiger partial charge in [-0.25, -0.2) is 18.0 Å². The van der Waals surface area contributed by atoms with Crippen molar-refractivity contribution in [2.75, 3.05) is 37.7 Å². The number of hydrogen-bond donors (Lipinski definition) is 0. The molecule has 8 nitrogen and oxygen atoms in total. The van der Waals surface area contributed by atoms with E-state index in [1.807, 2.05) is 20.8 Å². The van der Waals surface area contributed by atoms with Gasteiger partial charge in [-0.05, 0) is 75.0 Å². The quantitative estimate of drug-likeness (QED) is 0.439. The number of ether oxygens (including phenoxy) is 2. The molecule has 1 aromatic heterocycles. The first-order valence-electron chi connectivity index (χ1n) is 13.6. The van der Waals surface area contributed by atoms with E-state index in [1.165, 1.54) is 6.07 Å². The Labute approximate surface area is 233 Å². The van der Waals surface area contributed by atoms with Crippen LogP contribution in [0.1, 0.15) is 52.9 Å². The van der Waals surface area contributed by atoms with Crippen LogP contribution >= 0.6 is 15.9 Å². The minimum atomic E-state index is -0.907. The van der Waals surface area contributed by atoms with E-state index in [4.69, 9.17) is 14.5 Å². The SMILES string of the molecule is CC(C)(C)OC(=O)N1C[C@H]2CC[C@@H](C1)N2c1nc(OC[C@@]23CCCN2C[C@H](F)C3)nc2c(F)c(Br)c(F)cc12. The lowest BCUT2D eigenvalue weighted by Gasteiger charge is -2.42. The number of halogens is 4. The number of benzene rings is 1. The maximum absolute atomic E-state index is 15.3. The fourth-order valence-electron chi connectivity index (χ4n) is 6.77. The number of rotatable bonds is 4. The molecule has 4 saturated heterocycles. The van der Waals surface area contributed by atoms with E-state index in [2.05, 4.69) is 30.7 Å². The van der Waals surface area contributed by atoms with Crippen LogP contribution < -0.4 is 9.64 Å². The molecule has 0 aliphatic carbocycles. The number of anilines is 1. The minimum absolute atomic E-state index is 0.0209. The monoisotopic (exact) mass is 611 g/mol. The molecule has 39 heavy (non-hydrogen) atoms. The minimum Gasteiger partial charge on any atom is -0.461 e. The zero-order valence-corrected chi connectivity index (χ0v) is 23.9. The van der Waals surface area contributed by atoms with Crippen LogP contribution in [0.25, 0.3) is 10.9 Å². The van der Waals surface area contributed by atoms with E-state index in [1.54, 1.807) is 4.90 Å². The van der Waals surface area contributed by atoms with Gasteiger partial charge >= 0.3 is 12.1 Å². The van der Waals surface area contributed by atoms with Crippen molar-refractivity contribution in [1.82, 2.24) is 19.8 Å². The number of aromatic nitrogens is 2. The van der Waals surface area contributed by atoms with Crippen LogP contribution in [0.2, 0.25) is 0 Å². The van der Waals surface area contributed by atoms with Gasteiger partial charge < -0.3 is 19.3 Å². The molecular formula is C27H33BrF3N5O3. The van der Waals surface area contributed by atoms with Crippen molar-refractivity contribution in [2.45, 2.75) is 82.3 Å². The number of nitrogens with zero attached hydrogens (tertiary/aromatic N) is 5. The number of amides is 1. The number of likely N-dealkylation sites (tertiary alicyclic amines) is 1. The van der Waals surface area contributed by atoms with Crippen molar-refractivity contribution in [3.8, 4) is 6.01 Å². The average molecular weight is 612 g/mol. The Morgan fingerprint density at radius 1 is 1.18 bits per heavy atom. The summed E-state index contributed by atoms with van der Waals surface area (Å²) in [6.07, 6.45) is 2.47. The highest BCUT2D eigenvalue weighted by Crippen LogP contribution is 2.42. The summed E-state index contributed by atoms with van der Waals surface area (Å²) in [4.78, 5) is 27.7. The van der Waals surface area contributed by atoms with Gasteiger partial charge in [0, 0.05) is 43.5 Å². The van der Waals surface area contributed by atoms with Crippen LogP contribution in [-0.4, -0.2) is 88.0 Å². The standard InChI is InChI=1S/C27H33BrF3N5O3/c1-26(2,3)39-25(37)34-12-16-5-6-17(13-34)36(16)23-18-9-19(30)20(28)21(31)22(18)32-24(33-23)38-14-27-7-4-8-35(27)11-15(29)10-27/h9,15-17H,4-8,10-14H2,1-3H3/t15-,16-,17+,27+/m1/s1. The van der Waals surface area contributed by atoms with Crippen LogP contribution in [0.5, 0.6) is 6.01 Å². The fraction of sp³-hybridized carbons (Fsp3) is 0.667. The van der Waals surface area contributed by atoms with Crippen molar-refractivity contribution >= 4 is 38.7 Å². The highest BCUT2D eigenvalue weighted by Gasteiger charge is 2.50. The van der Waals surface area contributed by atoms with E-state index in [-0.39, 0.29) is 46.2 Å². The maximum atomic E-state index is 15.3. The molecular weight excluding hydrogens is 579 g/mol. The summed E-state index contributed by atoms with van der Waals surface area (Å²) < 4.78 is 55.7. The smallest absolute Gasteiger partial charge is 0.410 e. The van der Waals surface area contributed by atoms with Gasteiger partial charge in [-0.3, -0.25) is 4.90 Å². The molecule has 4 atom stereocenters. The fourth-order valence-corrected chi connectivity index (χ4v) is 7.07. The number of carbonyl (C=O) groups is 1. The van der Waals surface area contributed by atoms with Gasteiger partial charge in [0.15, 0.2) is 5.82 Å². The van der Waals surface area contributed by atoms with Crippen LogP contribution in [0.15, 0.2) is 10.5 Å². The molecule has 1 amide bonds. The van der Waals surface area contributed by atoms with Crippen LogP contribution in [0.3, 0.4) is 0 Å². The Kier molecular flexibility index (Phi) is 6.64. The number of hydrogen-bond acceptors (Lipinski definition) is 7. The Balaban J connectivity index is 1.34. The van der Waals surface area contributed by atoms with Crippen molar-refractivity contribution in [2.24, 2.45) is 0 Å². The number of carbonyl (C=O) groups excluding carboxylic acids is 1. The molecule has 0 unspecified atom stereocenters. The molecule has 4 aliphatic heterocycles. The van der Waals surface area contributed by atoms with Gasteiger partial charge in [-0.2, -0.15) is 9.97 Å². The molecule has 0 N–H and O–H groups in total. The number of piperazine rings is 1. The second kappa shape index (κ2) is 9.64. The summed E-state index contributed by atoms with van der Waals surface area (Å²) in [5, 5.41) is 0.244. The first-order valence-corrected chi connectivity index (χ1v) is 14.4. The van der Waals surface area contributed by atoms with Crippen molar-refractivity contribution in [3.63, 3.8) is 0 Å². The zero-order chi connectivity index (χ0) is 27.7. The highest BCUT2D eigenvalue weighted by molar-refractivity contribution is 9.10. The molecule has 12 heteroatoms. The van der Waals surface area contributed by atoms with Crippen LogP contribution in [-0.2, 0) is 4.74 Å². The Morgan fingerprint density at radius 2 is 1.90 bits per heavy atom. The first-order chi connectivity index (χ1) is 18.4. The van der Waals surface area contributed by atoms with Crippen LogP contribution in [0.4, 0.5) is 23.8 Å². The van der Waals surface area contributed by atoms with Gasteiger partial charge in [0.2, 0.25) is 0 Å². The van der Waals surface area contributed by atoms with Gasteiger partial charge in [-0.1, -0.05) is 0 Å². The number of alkyl halides is 1. The second-order valence-electron chi connectivity index (χ2n) is 12.3. The van der Waals surface area contributed by atoms with Crippen molar-refractivity contribution in [3.05, 3.63) is 22.2 Å². The van der Waals surface area contributed by atoms with Gasteiger partial charge in [-0.15, -0.1) is 0 Å². The predicted octanol–water partition coefficient (Wildman–Crippen LogP) is 5.21. The molecule has 2 aromatic rings. The van der Waals surface area contributed by atoms with Gasteiger partial charge in [0.1, 0.15) is 35.5 Å². The lowest BCUT2D eigenvalue weighted by Crippen LogP contribution is -2.56. The summed E-state index contributed by atoms with van der Waals surface area (Å²) in [6, 6.07) is 1.00. The lowest BCUT2D eigenvalue weighted by atomic mass is 9.95. The molecule has 4 aliphatic rings. The molecule has 4 fully saturated rings. The molecule has 2 bridgehead atoms. The van der Waals surface area contributed by atoms with E-state index < -0.39 is 28.9 Å². The normalized spacial score (nSPS) is 28.8. The Bertz CT molecular complexity index is 1300. The van der Waals surface area contributed by atoms with E-state index >= 15 is 4.39 Å². The molecule has 0 radical (unpaired) electrons. The molecule has 0 saturated carbocycles. The van der Waals surface area contributed by atoms with Crippen molar-refractivity contribution < 1.29 is 27.4 Å². The van der Waals surface area contributed by atoms with E-state index in [0.717, 1.165) is 32.2 Å². The summed E-state index contributed by atoms with van der Waals surface area (Å²) in [5.41, 5.74) is -1.08. The number of fused-ring (bicyclic) bond motifs is 4. The topological polar surface area (TPSA) is 71.0 Å². The van der Waals surface area contributed by atoms with E-state index in [9.17, 15) is 13.6 Å². The maximum Gasteiger partial charge on any atom is 0.410 e. The molecule has 212 valence electrons. The highest BCUT2D eigenvalue weighted by atomic mass is 79.9. The summed E-state index contributed by atoms with van der Waals surface area (Å²) in [6.45, 7) is 7.70. The lowest BCUT2D eigenvalue weighted by molar-refractivity contribution is 0.0209. The molecule has 1 aromatic carbocycles. The molecule has 0 spiro atoms. The summed E-state index contributed by atoms with van der Waals surface area (Å²) >= 11 is 2.99. The van der Waals surface area contributed by atoms with Gasteiger partial charge in [0.05, 0.1) is 10.0 Å². The summed E-state index contributed by atoms with van der Waals surface area (Å²) in [5.74, 6) is -1.20. The Morgan fingerprint density at radius 3 is 2.59 bits per heavy atom. The van der Waals surface area contributed by atoms with Crippen molar-refractivity contribution in [1.29, 1.82) is 0 Å². The predicted molar refractivity (Wildman–Crippen MR) is 143 cm³/mol. The van der Waals surface area contributed by atoms with E-state index in [0.29, 0.717) is 31.9 Å². The summed E-state index contributed by atoms with van der Waals surface area (Å²) in [7, 11) is 0. The second-order valence-corrected chi connectivity index (χ2v) is 13.0. The van der Waals surface area contributed by atoms with Gasteiger partial charge in [0.25, 0.3) is 0 Å². The molecule has 6 rings (SSSR count). The Hall–Kier alpha value is -2.34. The van der Waals surface area contributed by atoms with Crippen LogP contribution in [0, 0.1) is 11.6 Å². The third kappa shape index (κ3) is 4.81. The first kappa shape index (κ1) is 26.9.